The molecule has 1 heterocycles. The van der Waals surface area contributed by atoms with Crippen LogP contribution in [0.25, 0.3) is 0 Å². The summed E-state index contributed by atoms with van der Waals surface area (Å²) >= 11 is 2.02. The standard InChI is InChI=1S/C5H8IN3O2/c1-7-4(10)8(2)9(3-6)5(7)11/h3H2,1-2H3. The molecule has 0 spiro atoms. The van der Waals surface area contributed by atoms with Crippen LogP contribution in [0.5, 0.6) is 0 Å². The Bertz CT molecular complexity index is 372. The first-order valence-electron chi connectivity index (χ1n) is 2.98. The summed E-state index contributed by atoms with van der Waals surface area (Å²) in [6, 6.07) is 0. The number of hydrogen-bond donors (Lipinski definition) is 0. The molecule has 0 bridgehead atoms. The van der Waals surface area contributed by atoms with Crippen LogP contribution in [0.15, 0.2) is 9.59 Å². The van der Waals surface area contributed by atoms with Crippen molar-refractivity contribution in [3.8, 4) is 0 Å². The van der Waals surface area contributed by atoms with E-state index < -0.39 is 0 Å². The number of rotatable bonds is 1. The second-order valence-electron chi connectivity index (χ2n) is 2.17. The van der Waals surface area contributed by atoms with Gasteiger partial charge >= 0.3 is 11.4 Å². The number of halogens is 1. The van der Waals surface area contributed by atoms with E-state index in [4.69, 9.17) is 0 Å². The predicted octanol–water partition coefficient (Wildman–Crippen LogP) is -0.722. The van der Waals surface area contributed by atoms with Crippen molar-refractivity contribution in [2.75, 3.05) is 0 Å². The molecule has 62 valence electrons. The molecule has 6 heteroatoms. The van der Waals surface area contributed by atoms with E-state index in [1.807, 2.05) is 22.6 Å². The van der Waals surface area contributed by atoms with Gasteiger partial charge in [-0.25, -0.2) is 23.5 Å². The van der Waals surface area contributed by atoms with E-state index in [9.17, 15) is 9.59 Å². The van der Waals surface area contributed by atoms with Crippen molar-refractivity contribution in [3.05, 3.63) is 21.0 Å². The summed E-state index contributed by atoms with van der Waals surface area (Å²) in [6.07, 6.45) is 0. The normalized spacial score (nSPS) is 10.5. The van der Waals surface area contributed by atoms with Gasteiger partial charge in [0.15, 0.2) is 0 Å². The zero-order chi connectivity index (χ0) is 8.59. The Morgan fingerprint density at radius 1 is 1.27 bits per heavy atom. The summed E-state index contributed by atoms with van der Waals surface area (Å²) in [5, 5.41) is 0. The first kappa shape index (κ1) is 8.57. The molecule has 5 nitrogen and oxygen atoms in total. The van der Waals surface area contributed by atoms with Crippen molar-refractivity contribution >= 4 is 22.6 Å². The Balaban J connectivity index is 3.62. The van der Waals surface area contributed by atoms with Gasteiger partial charge in [0.1, 0.15) is 0 Å². The summed E-state index contributed by atoms with van der Waals surface area (Å²) in [5.74, 6) is 0. The molecule has 11 heavy (non-hydrogen) atoms. The molecule has 0 aliphatic heterocycles. The van der Waals surface area contributed by atoms with E-state index >= 15 is 0 Å². The third-order valence-corrected chi connectivity index (χ3v) is 2.19. The zero-order valence-electron chi connectivity index (χ0n) is 6.24. The van der Waals surface area contributed by atoms with Crippen LogP contribution in [0.1, 0.15) is 0 Å². The Morgan fingerprint density at radius 2 is 1.82 bits per heavy atom. The van der Waals surface area contributed by atoms with Gasteiger partial charge in [-0.1, -0.05) is 22.6 Å². The van der Waals surface area contributed by atoms with Crippen LogP contribution in [0.3, 0.4) is 0 Å². The zero-order valence-corrected chi connectivity index (χ0v) is 8.40. The van der Waals surface area contributed by atoms with E-state index in [1.54, 1.807) is 7.05 Å². The molecule has 0 atom stereocenters. The number of aromatic nitrogens is 3. The summed E-state index contributed by atoms with van der Waals surface area (Å²) in [5.41, 5.74) is -0.557. The van der Waals surface area contributed by atoms with Crippen molar-refractivity contribution in [2.24, 2.45) is 14.1 Å². The van der Waals surface area contributed by atoms with Gasteiger partial charge in [-0.3, -0.25) is 0 Å². The van der Waals surface area contributed by atoms with Crippen LogP contribution in [0.2, 0.25) is 0 Å². The molecule has 0 saturated carbocycles. The minimum atomic E-state index is -0.285. The SMILES string of the molecule is Cn1c(=O)n(C)n(CI)c1=O. The highest BCUT2D eigenvalue weighted by molar-refractivity contribution is 14.1. The minimum Gasteiger partial charge on any atom is -0.246 e. The lowest BCUT2D eigenvalue weighted by molar-refractivity contribution is 0.565. The fourth-order valence-electron chi connectivity index (χ4n) is 0.835. The lowest BCUT2D eigenvalue weighted by Gasteiger charge is -1.96. The minimum absolute atomic E-state index is 0.271. The second kappa shape index (κ2) is 2.84. The van der Waals surface area contributed by atoms with Crippen LogP contribution in [-0.4, -0.2) is 13.9 Å². The van der Waals surface area contributed by atoms with Crippen LogP contribution in [0.4, 0.5) is 0 Å². The van der Waals surface area contributed by atoms with Crippen LogP contribution < -0.4 is 11.4 Å². The predicted molar refractivity (Wildman–Crippen MR) is 48.9 cm³/mol. The highest BCUT2D eigenvalue weighted by atomic mass is 127. The maximum Gasteiger partial charge on any atom is 0.347 e. The topological polar surface area (TPSA) is 48.9 Å². The molecule has 0 saturated heterocycles. The van der Waals surface area contributed by atoms with Crippen LogP contribution in [-0.2, 0) is 18.6 Å². The Hall–Kier alpha value is -0.530. The first-order chi connectivity index (χ1) is 5.09. The molecular weight excluding hydrogens is 261 g/mol. The molecule has 0 aromatic carbocycles. The highest BCUT2D eigenvalue weighted by Gasteiger charge is 2.06. The van der Waals surface area contributed by atoms with Crippen molar-refractivity contribution in [1.82, 2.24) is 13.9 Å². The molecule has 0 N–H and O–H groups in total. The van der Waals surface area contributed by atoms with Crippen molar-refractivity contribution in [1.29, 1.82) is 0 Å². The summed E-state index contributed by atoms with van der Waals surface area (Å²) in [6.45, 7) is 0. The Labute approximate surface area is 76.4 Å². The van der Waals surface area contributed by atoms with Gasteiger partial charge in [0, 0.05) is 14.1 Å². The van der Waals surface area contributed by atoms with Gasteiger partial charge in [-0.2, -0.15) is 0 Å². The molecule has 0 radical (unpaired) electrons. The maximum atomic E-state index is 11.1. The van der Waals surface area contributed by atoms with Gasteiger partial charge in [0.2, 0.25) is 0 Å². The molecule has 1 rings (SSSR count). The van der Waals surface area contributed by atoms with Crippen molar-refractivity contribution in [3.63, 3.8) is 0 Å². The van der Waals surface area contributed by atoms with E-state index in [2.05, 4.69) is 0 Å². The van der Waals surface area contributed by atoms with E-state index in [0.717, 1.165) is 4.57 Å². The van der Waals surface area contributed by atoms with Gasteiger partial charge in [0.25, 0.3) is 0 Å². The molecule has 0 fully saturated rings. The Morgan fingerprint density at radius 3 is 2.00 bits per heavy atom. The maximum absolute atomic E-state index is 11.1. The van der Waals surface area contributed by atoms with Crippen LogP contribution in [0, 0.1) is 0 Å². The van der Waals surface area contributed by atoms with Gasteiger partial charge in [0.05, 0.1) is 4.55 Å². The lowest BCUT2D eigenvalue weighted by Crippen LogP contribution is -2.25. The van der Waals surface area contributed by atoms with Crippen molar-refractivity contribution < 1.29 is 0 Å². The Kier molecular flexibility index (Phi) is 2.21. The number of hydrogen-bond acceptors (Lipinski definition) is 2. The largest absolute Gasteiger partial charge is 0.347 e. The van der Waals surface area contributed by atoms with E-state index in [1.165, 1.54) is 16.4 Å². The monoisotopic (exact) mass is 269 g/mol. The lowest BCUT2D eigenvalue weighted by atomic mass is 11.0. The fraction of sp³-hybridized carbons (Fsp3) is 0.600. The van der Waals surface area contributed by atoms with E-state index in [-0.39, 0.29) is 11.4 Å². The van der Waals surface area contributed by atoms with E-state index in [0.29, 0.717) is 4.55 Å². The molecule has 0 unspecified atom stereocenters. The average Bonchev–Trinajstić information content (AvgIpc) is 2.17. The average molecular weight is 269 g/mol. The van der Waals surface area contributed by atoms with Gasteiger partial charge in [-0.15, -0.1) is 0 Å². The second-order valence-corrected chi connectivity index (χ2v) is 2.85. The molecule has 1 aromatic rings. The van der Waals surface area contributed by atoms with Gasteiger partial charge < -0.3 is 0 Å². The molecule has 1 aromatic heterocycles. The quantitative estimate of drug-likeness (QED) is 0.499. The number of nitrogens with zero attached hydrogens (tertiary/aromatic N) is 3. The van der Waals surface area contributed by atoms with Crippen LogP contribution >= 0.6 is 22.6 Å². The third kappa shape index (κ3) is 1.15. The molecule has 0 aliphatic rings. The fourth-order valence-corrected chi connectivity index (χ4v) is 1.58. The molecule has 0 aliphatic carbocycles. The molecule has 0 amide bonds. The highest BCUT2D eigenvalue weighted by Crippen LogP contribution is 1.84. The summed E-state index contributed by atoms with van der Waals surface area (Å²) in [7, 11) is 3.04. The number of alkyl halides is 1. The van der Waals surface area contributed by atoms with Gasteiger partial charge in [-0.05, 0) is 0 Å². The summed E-state index contributed by atoms with van der Waals surface area (Å²) < 4.78 is 4.24. The third-order valence-electron chi connectivity index (χ3n) is 1.55. The van der Waals surface area contributed by atoms with Crippen molar-refractivity contribution in [2.45, 2.75) is 4.55 Å². The molecular formula is C5H8IN3O2. The summed E-state index contributed by atoms with van der Waals surface area (Å²) in [4.78, 5) is 22.2. The smallest absolute Gasteiger partial charge is 0.246 e. The first-order valence-corrected chi connectivity index (χ1v) is 4.51.